The van der Waals surface area contributed by atoms with E-state index in [2.05, 4.69) is 17.4 Å². The Bertz CT molecular complexity index is 413. The highest BCUT2D eigenvalue weighted by atomic mass is 35.5. The summed E-state index contributed by atoms with van der Waals surface area (Å²) in [4.78, 5) is 0. The third-order valence-corrected chi connectivity index (χ3v) is 5.09. The molecular weight excluding hydrogens is 270 g/mol. The van der Waals surface area contributed by atoms with Crippen molar-refractivity contribution in [1.82, 2.24) is 5.32 Å². The predicted octanol–water partition coefficient (Wildman–Crippen LogP) is 4.21. The number of hydrogen-bond donors (Lipinski definition) is 1. The summed E-state index contributed by atoms with van der Waals surface area (Å²) < 4.78 is 6.02. The van der Waals surface area contributed by atoms with E-state index in [0.717, 1.165) is 24.3 Å². The largest absolute Gasteiger partial charge is 0.377 e. The van der Waals surface area contributed by atoms with Crippen LogP contribution in [0.1, 0.15) is 44.1 Å². The van der Waals surface area contributed by atoms with E-state index < -0.39 is 0 Å². The summed E-state index contributed by atoms with van der Waals surface area (Å²) in [5.74, 6) is 0. The maximum Gasteiger partial charge on any atom is 0.0834 e. The Morgan fingerprint density at radius 3 is 2.40 bits per heavy atom. The molecule has 1 unspecified atom stereocenters. The summed E-state index contributed by atoms with van der Waals surface area (Å²) in [7, 11) is 3.90. The van der Waals surface area contributed by atoms with Gasteiger partial charge in [-0.2, -0.15) is 0 Å². The molecule has 2 rings (SSSR count). The molecule has 1 aliphatic carbocycles. The second kappa shape index (κ2) is 7.44. The van der Waals surface area contributed by atoms with Crippen molar-refractivity contribution in [2.45, 2.75) is 56.6 Å². The van der Waals surface area contributed by atoms with Gasteiger partial charge in [-0.25, -0.2) is 0 Å². The van der Waals surface area contributed by atoms with Gasteiger partial charge in [-0.15, -0.1) is 0 Å². The Morgan fingerprint density at radius 2 is 1.85 bits per heavy atom. The van der Waals surface area contributed by atoms with Crippen LogP contribution in [0.4, 0.5) is 0 Å². The molecule has 0 radical (unpaired) electrons. The SMILES string of the molecule is CNC(Cc1ccccc1Cl)C1(OC)CCCCCC1. The molecule has 1 fully saturated rings. The number of rotatable bonds is 5. The molecule has 0 heterocycles. The number of halogens is 1. The van der Waals surface area contributed by atoms with E-state index in [9.17, 15) is 0 Å². The molecule has 1 atom stereocenters. The molecule has 112 valence electrons. The van der Waals surface area contributed by atoms with E-state index in [1.54, 1.807) is 0 Å². The average Bonchev–Trinajstić information content (AvgIpc) is 2.73. The second-order valence-electron chi connectivity index (χ2n) is 5.82. The summed E-state index contributed by atoms with van der Waals surface area (Å²) >= 11 is 6.32. The number of benzene rings is 1. The van der Waals surface area contributed by atoms with Crippen molar-refractivity contribution in [3.63, 3.8) is 0 Å². The van der Waals surface area contributed by atoms with E-state index >= 15 is 0 Å². The number of nitrogens with one attached hydrogen (secondary N) is 1. The molecule has 20 heavy (non-hydrogen) atoms. The Hall–Kier alpha value is -0.570. The van der Waals surface area contributed by atoms with Crippen LogP contribution in [0, 0.1) is 0 Å². The Kier molecular flexibility index (Phi) is 5.88. The number of hydrogen-bond acceptors (Lipinski definition) is 2. The molecule has 1 aromatic rings. The van der Waals surface area contributed by atoms with Crippen LogP contribution in [-0.4, -0.2) is 25.8 Å². The first-order chi connectivity index (χ1) is 9.72. The molecule has 1 N–H and O–H groups in total. The lowest BCUT2D eigenvalue weighted by molar-refractivity contribution is -0.0509. The second-order valence-corrected chi connectivity index (χ2v) is 6.23. The van der Waals surface area contributed by atoms with Gasteiger partial charge in [0, 0.05) is 18.2 Å². The standard InChI is InChI=1S/C17H26ClNO/c1-19-16(13-14-9-5-6-10-15(14)18)17(20-2)11-7-3-4-8-12-17/h5-6,9-10,16,19H,3-4,7-8,11-13H2,1-2H3. The fraction of sp³-hybridized carbons (Fsp3) is 0.647. The summed E-state index contributed by atoms with van der Waals surface area (Å²) in [5, 5.41) is 4.34. The van der Waals surface area contributed by atoms with Gasteiger partial charge < -0.3 is 10.1 Å². The third-order valence-electron chi connectivity index (χ3n) is 4.72. The van der Waals surface area contributed by atoms with Crippen LogP contribution in [0.15, 0.2) is 24.3 Å². The van der Waals surface area contributed by atoms with Crippen molar-refractivity contribution in [2.24, 2.45) is 0 Å². The quantitative estimate of drug-likeness (QED) is 0.822. The van der Waals surface area contributed by atoms with Gasteiger partial charge in [0.2, 0.25) is 0 Å². The molecule has 0 spiro atoms. The van der Waals surface area contributed by atoms with Crippen molar-refractivity contribution < 1.29 is 4.74 Å². The molecule has 0 aromatic heterocycles. The highest BCUT2D eigenvalue weighted by molar-refractivity contribution is 6.31. The zero-order chi connectivity index (χ0) is 14.4. The third kappa shape index (κ3) is 3.55. The van der Waals surface area contributed by atoms with Gasteiger partial charge in [0.25, 0.3) is 0 Å². The molecule has 0 aliphatic heterocycles. The van der Waals surface area contributed by atoms with Crippen molar-refractivity contribution in [3.8, 4) is 0 Å². The molecule has 1 saturated carbocycles. The molecule has 0 saturated heterocycles. The maximum atomic E-state index is 6.32. The zero-order valence-electron chi connectivity index (χ0n) is 12.6. The minimum absolute atomic E-state index is 0.0512. The highest BCUT2D eigenvalue weighted by Crippen LogP contribution is 2.35. The van der Waals surface area contributed by atoms with Gasteiger partial charge >= 0.3 is 0 Å². The number of ether oxygens (including phenoxy) is 1. The molecule has 0 amide bonds. The van der Waals surface area contributed by atoms with Crippen molar-refractivity contribution in [1.29, 1.82) is 0 Å². The topological polar surface area (TPSA) is 21.3 Å². The van der Waals surface area contributed by atoms with Gasteiger partial charge in [-0.3, -0.25) is 0 Å². The highest BCUT2D eigenvalue weighted by Gasteiger charge is 2.38. The minimum atomic E-state index is -0.0512. The van der Waals surface area contributed by atoms with Crippen molar-refractivity contribution in [3.05, 3.63) is 34.9 Å². The first-order valence-electron chi connectivity index (χ1n) is 7.67. The fourth-order valence-electron chi connectivity index (χ4n) is 3.46. The Balaban J connectivity index is 2.18. The lowest BCUT2D eigenvalue weighted by Gasteiger charge is -2.39. The van der Waals surface area contributed by atoms with Crippen LogP contribution in [0.2, 0.25) is 5.02 Å². The van der Waals surface area contributed by atoms with E-state index in [0.29, 0.717) is 6.04 Å². The lowest BCUT2D eigenvalue weighted by atomic mass is 9.82. The van der Waals surface area contributed by atoms with Crippen LogP contribution < -0.4 is 5.32 Å². The van der Waals surface area contributed by atoms with Crippen LogP contribution in [0.25, 0.3) is 0 Å². The first kappa shape index (κ1) is 15.8. The molecule has 0 bridgehead atoms. The van der Waals surface area contributed by atoms with E-state index in [-0.39, 0.29) is 5.60 Å². The monoisotopic (exact) mass is 295 g/mol. The number of likely N-dealkylation sites (N-methyl/N-ethyl adjacent to an activating group) is 1. The average molecular weight is 296 g/mol. The summed E-state index contributed by atoms with van der Waals surface area (Å²) in [6.07, 6.45) is 8.37. The summed E-state index contributed by atoms with van der Waals surface area (Å²) in [6, 6.07) is 8.44. The van der Waals surface area contributed by atoms with Crippen LogP contribution in [0.3, 0.4) is 0 Å². The predicted molar refractivity (Wildman–Crippen MR) is 85.4 cm³/mol. The minimum Gasteiger partial charge on any atom is -0.377 e. The van der Waals surface area contributed by atoms with Gasteiger partial charge in [-0.1, -0.05) is 55.5 Å². The van der Waals surface area contributed by atoms with E-state index in [1.165, 1.54) is 31.2 Å². The summed E-state index contributed by atoms with van der Waals surface area (Å²) in [5.41, 5.74) is 1.15. The molecular formula is C17H26ClNO. The maximum absolute atomic E-state index is 6.32. The first-order valence-corrected chi connectivity index (χ1v) is 8.05. The smallest absolute Gasteiger partial charge is 0.0834 e. The van der Waals surface area contributed by atoms with Crippen molar-refractivity contribution >= 4 is 11.6 Å². The molecule has 2 nitrogen and oxygen atoms in total. The molecule has 1 aromatic carbocycles. The Labute approximate surface area is 127 Å². The van der Waals surface area contributed by atoms with E-state index in [4.69, 9.17) is 16.3 Å². The number of methoxy groups -OCH3 is 1. The normalized spacial score (nSPS) is 20.4. The van der Waals surface area contributed by atoms with Crippen LogP contribution >= 0.6 is 11.6 Å². The fourth-order valence-corrected chi connectivity index (χ4v) is 3.67. The molecule has 1 aliphatic rings. The summed E-state index contributed by atoms with van der Waals surface area (Å²) in [6.45, 7) is 0. The van der Waals surface area contributed by atoms with Crippen LogP contribution in [-0.2, 0) is 11.2 Å². The van der Waals surface area contributed by atoms with Crippen LogP contribution in [0.5, 0.6) is 0 Å². The lowest BCUT2D eigenvalue weighted by Crippen LogP contribution is -2.52. The van der Waals surface area contributed by atoms with Gasteiger partial charge in [0.1, 0.15) is 0 Å². The van der Waals surface area contributed by atoms with Gasteiger partial charge in [-0.05, 0) is 37.9 Å². The van der Waals surface area contributed by atoms with Gasteiger partial charge in [0.15, 0.2) is 0 Å². The van der Waals surface area contributed by atoms with E-state index in [1.807, 2.05) is 26.3 Å². The van der Waals surface area contributed by atoms with Gasteiger partial charge in [0.05, 0.1) is 5.60 Å². The zero-order valence-corrected chi connectivity index (χ0v) is 13.4. The van der Waals surface area contributed by atoms with Crippen molar-refractivity contribution in [2.75, 3.05) is 14.2 Å². The molecule has 3 heteroatoms. The Morgan fingerprint density at radius 1 is 1.20 bits per heavy atom.